The zero-order valence-electron chi connectivity index (χ0n) is 13.1. The molecule has 0 aliphatic rings. The Morgan fingerprint density at radius 1 is 1.38 bits per heavy atom. The first kappa shape index (κ1) is 16.1. The van der Waals surface area contributed by atoms with Gasteiger partial charge in [0.05, 0.1) is 24.9 Å². The van der Waals surface area contributed by atoms with Crippen molar-refractivity contribution in [1.29, 1.82) is 0 Å². The molecular formula is C17H16N4O2S. The number of rotatable bonds is 6. The lowest BCUT2D eigenvalue weighted by molar-refractivity contribution is -0.142. The molecule has 24 heavy (non-hydrogen) atoms. The second kappa shape index (κ2) is 7.65. The van der Waals surface area contributed by atoms with E-state index in [1.165, 1.54) is 11.3 Å². The number of anilines is 1. The van der Waals surface area contributed by atoms with Crippen LogP contribution in [-0.4, -0.2) is 28.8 Å². The number of benzene rings is 1. The molecule has 1 aromatic carbocycles. The van der Waals surface area contributed by atoms with Crippen LogP contribution in [0.5, 0.6) is 0 Å². The van der Waals surface area contributed by atoms with Gasteiger partial charge in [0.15, 0.2) is 0 Å². The molecule has 0 saturated carbocycles. The number of hydrogen-bond donors (Lipinski definition) is 1. The van der Waals surface area contributed by atoms with Crippen LogP contribution in [0.3, 0.4) is 0 Å². The van der Waals surface area contributed by atoms with Gasteiger partial charge in [-0.2, -0.15) is 5.10 Å². The summed E-state index contributed by atoms with van der Waals surface area (Å²) in [5.74, 6) is -0.275. The minimum Gasteiger partial charge on any atom is -0.466 e. The first-order valence-electron chi connectivity index (χ1n) is 7.47. The number of carbonyl (C=O) groups is 1. The van der Waals surface area contributed by atoms with Crippen LogP contribution in [0.1, 0.15) is 18.2 Å². The molecule has 0 fully saturated rings. The number of thiazole rings is 1. The summed E-state index contributed by atoms with van der Waals surface area (Å²) in [4.78, 5) is 19.8. The highest BCUT2D eigenvalue weighted by Gasteiger charge is 2.07. The molecule has 2 aromatic heterocycles. The van der Waals surface area contributed by atoms with Crippen molar-refractivity contribution in [2.45, 2.75) is 13.3 Å². The van der Waals surface area contributed by atoms with E-state index in [2.05, 4.69) is 20.5 Å². The lowest BCUT2D eigenvalue weighted by Crippen LogP contribution is -2.07. The van der Waals surface area contributed by atoms with Crippen LogP contribution in [0.25, 0.3) is 10.8 Å². The summed E-state index contributed by atoms with van der Waals surface area (Å²) < 4.78 is 4.90. The van der Waals surface area contributed by atoms with Gasteiger partial charge in [0.1, 0.15) is 0 Å². The number of esters is 1. The Labute approximate surface area is 143 Å². The number of fused-ring (bicyclic) bond motifs is 1. The predicted octanol–water partition coefficient (Wildman–Crippen LogP) is 3.24. The maximum Gasteiger partial charge on any atom is 0.311 e. The minimum atomic E-state index is -0.275. The van der Waals surface area contributed by atoms with Crippen LogP contribution >= 0.6 is 11.3 Å². The van der Waals surface area contributed by atoms with Crippen molar-refractivity contribution in [2.75, 3.05) is 12.0 Å². The fraction of sp³-hybridized carbons (Fsp3) is 0.176. The summed E-state index contributed by atoms with van der Waals surface area (Å²) in [6, 6.07) is 8.00. The van der Waals surface area contributed by atoms with Crippen LogP contribution in [0, 0.1) is 0 Å². The highest BCUT2D eigenvalue weighted by Crippen LogP contribution is 2.16. The zero-order chi connectivity index (χ0) is 16.8. The number of aromatic nitrogens is 2. The Morgan fingerprint density at radius 2 is 2.29 bits per heavy atom. The highest BCUT2D eigenvalue weighted by atomic mass is 32.1. The van der Waals surface area contributed by atoms with E-state index in [-0.39, 0.29) is 12.4 Å². The Bertz CT molecular complexity index is 876. The van der Waals surface area contributed by atoms with Gasteiger partial charge in [0, 0.05) is 23.2 Å². The standard InChI is InChI=1S/C17H16N4O2S/c1-2-23-16(22)8-15-11-24-17(20-15)21-19-9-12-3-4-13-5-6-18-10-14(13)7-12/h3-7,9-11H,2,8H2,1H3,(H,20,21). The van der Waals surface area contributed by atoms with E-state index in [4.69, 9.17) is 4.74 Å². The monoisotopic (exact) mass is 340 g/mol. The van der Waals surface area contributed by atoms with E-state index in [1.54, 1.807) is 19.3 Å². The topological polar surface area (TPSA) is 76.5 Å². The molecule has 0 aliphatic carbocycles. The quantitative estimate of drug-likeness (QED) is 0.423. The third-order valence-electron chi connectivity index (χ3n) is 3.22. The van der Waals surface area contributed by atoms with E-state index in [0.29, 0.717) is 17.4 Å². The summed E-state index contributed by atoms with van der Waals surface area (Å²) in [6.07, 6.45) is 5.49. The Kier molecular flexibility index (Phi) is 5.12. The maximum absolute atomic E-state index is 11.4. The molecule has 0 atom stereocenters. The van der Waals surface area contributed by atoms with Crippen LogP contribution in [0.15, 0.2) is 47.1 Å². The fourth-order valence-electron chi connectivity index (χ4n) is 2.15. The summed E-state index contributed by atoms with van der Waals surface area (Å²) in [5, 5.41) is 8.83. The first-order chi connectivity index (χ1) is 11.7. The fourth-order valence-corrected chi connectivity index (χ4v) is 2.80. The lowest BCUT2D eigenvalue weighted by Gasteiger charge is -1.99. The molecule has 0 aliphatic heterocycles. The van der Waals surface area contributed by atoms with E-state index < -0.39 is 0 Å². The second-order valence-corrected chi connectivity index (χ2v) is 5.84. The van der Waals surface area contributed by atoms with Gasteiger partial charge in [-0.1, -0.05) is 12.1 Å². The van der Waals surface area contributed by atoms with Crippen molar-refractivity contribution < 1.29 is 9.53 Å². The average Bonchev–Trinajstić information content (AvgIpc) is 3.02. The summed E-state index contributed by atoms with van der Waals surface area (Å²) in [6.45, 7) is 2.16. The van der Waals surface area contributed by atoms with Gasteiger partial charge in [0.2, 0.25) is 5.13 Å². The van der Waals surface area contributed by atoms with Crippen molar-refractivity contribution in [1.82, 2.24) is 9.97 Å². The normalized spacial score (nSPS) is 11.0. The largest absolute Gasteiger partial charge is 0.466 e. The van der Waals surface area contributed by atoms with Crippen LogP contribution in [0.4, 0.5) is 5.13 Å². The van der Waals surface area contributed by atoms with Gasteiger partial charge in [0.25, 0.3) is 0 Å². The van der Waals surface area contributed by atoms with Gasteiger partial charge in [-0.25, -0.2) is 4.98 Å². The second-order valence-electron chi connectivity index (χ2n) is 4.98. The minimum absolute atomic E-state index is 0.174. The molecular weight excluding hydrogens is 324 g/mol. The number of hydrogen-bond acceptors (Lipinski definition) is 7. The van der Waals surface area contributed by atoms with Crippen molar-refractivity contribution >= 4 is 39.4 Å². The Morgan fingerprint density at radius 3 is 3.17 bits per heavy atom. The molecule has 1 N–H and O–H groups in total. The molecule has 0 radical (unpaired) electrons. The lowest BCUT2D eigenvalue weighted by atomic mass is 10.1. The average molecular weight is 340 g/mol. The molecule has 0 unspecified atom stereocenters. The third kappa shape index (κ3) is 4.14. The van der Waals surface area contributed by atoms with Gasteiger partial charge in [-0.15, -0.1) is 11.3 Å². The van der Waals surface area contributed by atoms with E-state index in [9.17, 15) is 4.79 Å². The molecule has 0 saturated heterocycles. The molecule has 0 bridgehead atoms. The van der Waals surface area contributed by atoms with Gasteiger partial charge in [-0.05, 0) is 30.0 Å². The van der Waals surface area contributed by atoms with Crippen LogP contribution < -0.4 is 5.43 Å². The van der Waals surface area contributed by atoms with E-state index in [1.807, 2.05) is 35.8 Å². The summed E-state index contributed by atoms with van der Waals surface area (Å²) >= 11 is 1.39. The predicted molar refractivity (Wildman–Crippen MR) is 95.4 cm³/mol. The number of ether oxygens (including phenoxy) is 1. The summed E-state index contributed by atoms with van der Waals surface area (Å²) in [5.41, 5.74) is 4.51. The van der Waals surface area contributed by atoms with Crippen LogP contribution in [0.2, 0.25) is 0 Å². The van der Waals surface area contributed by atoms with Gasteiger partial charge < -0.3 is 4.74 Å². The summed E-state index contributed by atoms with van der Waals surface area (Å²) in [7, 11) is 0. The molecule has 122 valence electrons. The molecule has 0 spiro atoms. The molecule has 3 rings (SSSR count). The zero-order valence-corrected chi connectivity index (χ0v) is 13.9. The molecule has 7 heteroatoms. The number of pyridine rings is 1. The van der Waals surface area contributed by atoms with Gasteiger partial charge >= 0.3 is 5.97 Å². The first-order valence-corrected chi connectivity index (χ1v) is 8.35. The molecule has 6 nitrogen and oxygen atoms in total. The van der Waals surface area contributed by atoms with E-state index in [0.717, 1.165) is 16.3 Å². The van der Waals surface area contributed by atoms with Gasteiger partial charge in [-0.3, -0.25) is 15.2 Å². The van der Waals surface area contributed by atoms with E-state index >= 15 is 0 Å². The smallest absolute Gasteiger partial charge is 0.311 e. The molecule has 3 aromatic rings. The van der Waals surface area contributed by atoms with Crippen molar-refractivity contribution in [2.24, 2.45) is 5.10 Å². The number of nitrogens with one attached hydrogen (secondary N) is 1. The Hall–Kier alpha value is -2.80. The van der Waals surface area contributed by atoms with Crippen molar-refractivity contribution in [3.05, 3.63) is 53.3 Å². The Balaban J connectivity index is 1.61. The highest BCUT2D eigenvalue weighted by molar-refractivity contribution is 7.13. The number of carbonyl (C=O) groups excluding carboxylic acids is 1. The number of hydrazone groups is 1. The maximum atomic E-state index is 11.4. The van der Waals surface area contributed by atoms with Crippen molar-refractivity contribution in [3.8, 4) is 0 Å². The number of nitrogens with zero attached hydrogens (tertiary/aromatic N) is 3. The SMILES string of the molecule is CCOC(=O)Cc1csc(NN=Cc2ccc3ccncc3c2)n1. The third-order valence-corrected chi connectivity index (χ3v) is 4.02. The van der Waals surface area contributed by atoms with Crippen molar-refractivity contribution in [3.63, 3.8) is 0 Å². The van der Waals surface area contributed by atoms with Crippen LogP contribution in [-0.2, 0) is 16.0 Å². The molecule has 2 heterocycles. The molecule has 0 amide bonds.